The molecule has 3 heterocycles. The van der Waals surface area contributed by atoms with Crippen LogP contribution in [0.3, 0.4) is 0 Å². The quantitative estimate of drug-likeness (QED) is 0.522. The SMILES string of the molecule is Cn1cc(-c2ccc3c(N4CCCC[C@@H]4c4ccccc4)ncnc3c2)cn1. The first-order valence-corrected chi connectivity index (χ1v) is 9.85. The van der Waals surface area contributed by atoms with Crippen molar-refractivity contribution in [1.29, 1.82) is 0 Å². The van der Waals surface area contributed by atoms with Crippen molar-refractivity contribution in [2.24, 2.45) is 7.05 Å². The molecule has 0 spiro atoms. The lowest BCUT2D eigenvalue weighted by atomic mass is 9.95. The van der Waals surface area contributed by atoms with Crippen LogP contribution in [0.4, 0.5) is 5.82 Å². The molecule has 0 bridgehead atoms. The summed E-state index contributed by atoms with van der Waals surface area (Å²) in [6.45, 7) is 1.02. The first-order valence-electron chi connectivity index (χ1n) is 9.85. The number of fused-ring (bicyclic) bond motifs is 1. The van der Waals surface area contributed by atoms with Crippen LogP contribution in [-0.4, -0.2) is 26.3 Å². The van der Waals surface area contributed by atoms with Crippen molar-refractivity contribution < 1.29 is 0 Å². The molecule has 1 aliphatic heterocycles. The standard InChI is InChI=1S/C23H23N5/c1-27-15-19(14-26-27)18-10-11-20-21(13-18)24-16-25-23(20)28-12-6-5-9-22(28)17-7-3-2-4-8-17/h2-4,7-8,10-11,13-16,22H,5-6,9,12H2,1H3/t22-/m1/s1. The average Bonchev–Trinajstić information content (AvgIpc) is 3.20. The summed E-state index contributed by atoms with van der Waals surface area (Å²) in [6, 6.07) is 17.6. The van der Waals surface area contributed by atoms with E-state index >= 15 is 0 Å². The minimum absolute atomic E-state index is 0.367. The second-order valence-electron chi connectivity index (χ2n) is 7.45. The highest BCUT2D eigenvalue weighted by molar-refractivity contribution is 5.92. The van der Waals surface area contributed by atoms with Crippen LogP contribution >= 0.6 is 0 Å². The van der Waals surface area contributed by atoms with E-state index in [2.05, 4.69) is 63.5 Å². The Balaban J connectivity index is 1.58. The Morgan fingerprint density at radius 1 is 0.964 bits per heavy atom. The molecule has 5 rings (SSSR count). The number of rotatable bonds is 3. The largest absolute Gasteiger partial charge is 0.349 e. The van der Waals surface area contributed by atoms with Crippen LogP contribution in [0.2, 0.25) is 0 Å². The second-order valence-corrected chi connectivity index (χ2v) is 7.45. The summed E-state index contributed by atoms with van der Waals surface area (Å²) in [5.74, 6) is 1.04. The van der Waals surface area contributed by atoms with Gasteiger partial charge in [0.05, 0.1) is 17.8 Å². The minimum Gasteiger partial charge on any atom is -0.349 e. The minimum atomic E-state index is 0.367. The van der Waals surface area contributed by atoms with Crippen LogP contribution in [0.1, 0.15) is 30.9 Å². The molecule has 5 nitrogen and oxygen atoms in total. The molecule has 28 heavy (non-hydrogen) atoms. The van der Waals surface area contributed by atoms with Crippen LogP contribution in [0.5, 0.6) is 0 Å². The number of piperidine rings is 1. The van der Waals surface area contributed by atoms with Crippen molar-refractivity contribution in [3.63, 3.8) is 0 Å². The van der Waals surface area contributed by atoms with E-state index in [-0.39, 0.29) is 0 Å². The van der Waals surface area contributed by atoms with E-state index < -0.39 is 0 Å². The van der Waals surface area contributed by atoms with Crippen molar-refractivity contribution in [2.45, 2.75) is 25.3 Å². The molecule has 0 aliphatic carbocycles. The molecule has 140 valence electrons. The monoisotopic (exact) mass is 369 g/mol. The molecule has 1 fully saturated rings. The maximum atomic E-state index is 4.71. The van der Waals surface area contributed by atoms with E-state index in [1.54, 1.807) is 6.33 Å². The second kappa shape index (κ2) is 7.08. The fourth-order valence-corrected chi connectivity index (χ4v) is 4.23. The van der Waals surface area contributed by atoms with Gasteiger partial charge in [-0.2, -0.15) is 5.10 Å². The zero-order valence-corrected chi connectivity index (χ0v) is 16.0. The Morgan fingerprint density at radius 2 is 1.86 bits per heavy atom. The Kier molecular flexibility index (Phi) is 4.28. The highest BCUT2D eigenvalue weighted by atomic mass is 15.2. The molecule has 0 N–H and O–H groups in total. The Hall–Kier alpha value is -3.21. The van der Waals surface area contributed by atoms with Crippen LogP contribution in [-0.2, 0) is 7.05 Å². The van der Waals surface area contributed by atoms with E-state index in [9.17, 15) is 0 Å². The number of aromatic nitrogens is 4. The van der Waals surface area contributed by atoms with Crippen LogP contribution < -0.4 is 4.90 Å². The first-order chi connectivity index (χ1) is 13.8. The summed E-state index contributed by atoms with van der Waals surface area (Å²) >= 11 is 0. The molecule has 2 aromatic heterocycles. The van der Waals surface area contributed by atoms with Gasteiger partial charge in [-0.1, -0.05) is 36.4 Å². The predicted octanol–water partition coefficient (Wildman–Crippen LogP) is 4.76. The van der Waals surface area contributed by atoms with Gasteiger partial charge in [-0.25, -0.2) is 9.97 Å². The highest BCUT2D eigenvalue weighted by Crippen LogP contribution is 2.37. The van der Waals surface area contributed by atoms with Gasteiger partial charge in [0.1, 0.15) is 12.1 Å². The lowest BCUT2D eigenvalue weighted by Gasteiger charge is -2.37. The molecule has 0 radical (unpaired) electrons. The average molecular weight is 369 g/mol. The molecule has 4 aromatic rings. The molecular weight excluding hydrogens is 346 g/mol. The smallest absolute Gasteiger partial charge is 0.140 e. The molecule has 1 aliphatic rings. The third-order valence-electron chi connectivity index (χ3n) is 5.61. The molecule has 2 aromatic carbocycles. The Morgan fingerprint density at radius 3 is 2.68 bits per heavy atom. The topological polar surface area (TPSA) is 46.8 Å². The number of nitrogens with zero attached hydrogens (tertiary/aromatic N) is 5. The van der Waals surface area contributed by atoms with Gasteiger partial charge < -0.3 is 4.90 Å². The van der Waals surface area contributed by atoms with E-state index in [1.807, 2.05) is 24.1 Å². The molecule has 0 unspecified atom stereocenters. The zero-order valence-electron chi connectivity index (χ0n) is 16.0. The fourth-order valence-electron chi connectivity index (χ4n) is 4.23. The summed E-state index contributed by atoms with van der Waals surface area (Å²) in [6.07, 6.45) is 9.22. The van der Waals surface area contributed by atoms with Gasteiger partial charge in [-0.3, -0.25) is 4.68 Å². The van der Waals surface area contributed by atoms with Crippen LogP contribution in [0, 0.1) is 0 Å². The number of anilines is 1. The maximum absolute atomic E-state index is 4.71. The lowest BCUT2D eigenvalue weighted by molar-refractivity contribution is 0.470. The zero-order chi connectivity index (χ0) is 18.9. The van der Waals surface area contributed by atoms with Gasteiger partial charge in [-0.15, -0.1) is 0 Å². The maximum Gasteiger partial charge on any atom is 0.140 e. The third-order valence-corrected chi connectivity index (χ3v) is 5.61. The number of benzene rings is 2. The molecule has 1 atom stereocenters. The van der Waals surface area contributed by atoms with Crippen LogP contribution in [0.15, 0.2) is 67.3 Å². The number of hydrogen-bond donors (Lipinski definition) is 0. The fraction of sp³-hybridized carbons (Fsp3) is 0.261. The Bertz CT molecular complexity index is 1100. The van der Waals surface area contributed by atoms with Crippen molar-refractivity contribution in [3.05, 3.63) is 72.8 Å². The number of aryl methyl sites for hydroxylation is 1. The van der Waals surface area contributed by atoms with Gasteiger partial charge in [0, 0.05) is 30.7 Å². The lowest BCUT2D eigenvalue weighted by Crippen LogP contribution is -2.34. The normalized spacial score (nSPS) is 17.2. The van der Waals surface area contributed by atoms with Gasteiger partial charge in [0.2, 0.25) is 0 Å². The van der Waals surface area contributed by atoms with Gasteiger partial charge in [-0.05, 0) is 42.5 Å². The predicted molar refractivity (Wildman–Crippen MR) is 112 cm³/mol. The van der Waals surface area contributed by atoms with Gasteiger partial charge in [0.15, 0.2) is 0 Å². The van der Waals surface area contributed by atoms with Gasteiger partial charge in [0.25, 0.3) is 0 Å². The van der Waals surface area contributed by atoms with Crippen molar-refractivity contribution >= 4 is 16.7 Å². The summed E-state index contributed by atoms with van der Waals surface area (Å²) in [7, 11) is 1.94. The third kappa shape index (κ3) is 3.03. The van der Waals surface area contributed by atoms with Crippen molar-refractivity contribution in [1.82, 2.24) is 19.7 Å². The summed E-state index contributed by atoms with van der Waals surface area (Å²) < 4.78 is 1.82. The molecule has 0 amide bonds. The highest BCUT2D eigenvalue weighted by Gasteiger charge is 2.26. The van der Waals surface area contributed by atoms with E-state index in [0.717, 1.165) is 40.8 Å². The van der Waals surface area contributed by atoms with Crippen LogP contribution in [0.25, 0.3) is 22.0 Å². The van der Waals surface area contributed by atoms with Crippen molar-refractivity contribution in [3.8, 4) is 11.1 Å². The van der Waals surface area contributed by atoms with Gasteiger partial charge >= 0.3 is 0 Å². The molecule has 0 saturated carbocycles. The molecular formula is C23H23N5. The van der Waals surface area contributed by atoms with Crippen molar-refractivity contribution in [2.75, 3.05) is 11.4 Å². The van der Waals surface area contributed by atoms with E-state index in [1.165, 1.54) is 18.4 Å². The summed E-state index contributed by atoms with van der Waals surface area (Å²) in [5, 5.41) is 5.39. The first kappa shape index (κ1) is 16.9. The summed E-state index contributed by atoms with van der Waals surface area (Å²) in [5.41, 5.74) is 4.57. The van der Waals surface area contributed by atoms with E-state index in [4.69, 9.17) is 4.98 Å². The summed E-state index contributed by atoms with van der Waals surface area (Å²) in [4.78, 5) is 11.7. The molecule has 5 heteroatoms. The molecule has 1 saturated heterocycles. The number of hydrogen-bond acceptors (Lipinski definition) is 4. The Labute approximate surface area is 164 Å². The van der Waals surface area contributed by atoms with E-state index in [0.29, 0.717) is 6.04 Å².